The van der Waals surface area contributed by atoms with E-state index in [1.165, 1.54) is 11.1 Å². The van der Waals surface area contributed by atoms with E-state index in [4.69, 9.17) is 0 Å². The maximum absolute atomic E-state index is 11.0. The molecule has 3 nitrogen and oxygen atoms in total. The van der Waals surface area contributed by atoms with Gasteiger partial charge in [0.2, 0.25) is 5.91 Å². The molecule has 1 aliphatic heterocycles. The first-order chi connectivity index (χ1) is 8.70. The van der Waals surface area contributed by atoms with Gasteiger partial charge in [-0.25, -0.2) is 0 Å². The second kappa shape index (κ2) is 6.01. The molecular formula is C15H22N2O. The quantitative estimate of drug-likeness (QED) is 0.881. The van der Waals surface area contributed by atoms with Crippen molar-refractivity contribution in [2.24, 2.45) is 0 Å². The highest BCUT2D eigenvalue weighted by Crippen LogP contribution is 2.20. The predicted molar refractivity (Wildman–Crippen MR) is 73.3 cm³/mol. The van der Waals surface area contributed by atoms with Gasteiger partial charge in [-0.1, -0.05) is 31.2 Å². The molecule has 2 rings (SSSR count). The summed E-state index contributed by atoms with van der Waals surface area (Å²) in [6.07, 6.45) is 2.19. The number of benzene rings is 1. The molecule has 0 spiro atoms. The van der Waals surface area contributed by atoms with Crippen LogP contribution in [0.15, 0.2) is 24.3 Å². The van der Waals surface area contributed by atoms with E-state index < -0.39 is 0 Å². The van der Waals surface area contributed by atoms with Crippen molar-refractivity contribution in [3.05, 3.63) is 35.4 Å². The Balaban J connectivity index is 2.00. The Morgan fingerprint density at radius 2 is 2.11 bits per heavy atom. The number of nitrogens with one attached hydrogen (secondary N) is 1. The van der Waals surface area contributed by atoms with Gasteiger partial charge in [0.25, 0.3) is 0 Å². The number of carbonyl (C=O) groups is 1. The zero-order chi connectivity index (χ0) is 13.0. The third kappa shape index (κ3) is 3.10. The van der Waals surface area contributed by atoms with Crippen LogP contribution in [-0.4, -0.2) is 29.9 Å². The lowest BCUT2D eigenvalue weighted by atomic mass is 9.98. The van der Waals surface area contributed by atoms with E-state index in [2.05, 4.69) is 41.4 Å². The van der Waals surface area contributed by atoms with Gasteiger partial charge in [-0.3, -0.25) is 9.69 Å². The standard InChI is InChI=1S/C15H22N2O/c1-3-15(10-16-12(2)18)17-9-8-13-6-4-5-7-14(13)11-17/h4-7,15H,3,8-11H2,1-2H3,(H,16,18). The number of hydrogen-bond acceptors (Lipinski definition) is 2. The first kappa shape index (κ1) is 13.1. The molecule has 0 aliphatic carbocycles. The molecule has 1 heterocycles. The van der Waals surface area contributed by atoms with Gasteiger partial charge in [-0.05, 0) is 24.0 Å². The monoisotopic (exact) mass is 246 g/mol. The number of rotatable bonds is 4. The van der Waals surface area contributed by atoms with Crippen molar-refractivity contribution < 1.29 is 4.79 Å². The van der Waals surface area contributed by atoms with Crippen molar-refractivity contribution in [3.8, 4) is 0 Å². The normalized spacial score (nSPS) is 17.0. The fourth-order valence-corrected chi connectivity index (χ4v) is 2.62. The average molecular weight is 246 g/mol. The Morgan fingerprint density at radius 1 is 1.39 bits per heavy atom. The molecule has 0 bridgehead atoms. The summed E-state index contributed by atoms with van der Waals surface area (Å²) in [5.41, 5.74) is 2.91. The second-order valence-corrected chi connectivity index (χ2v) is 4.99. The van der Waals surface area contributed by atoms with Crippen molar-refractivity contribution in [3.63, 3.8) is 0 Å². The van der Waals surface area contributed by atoms with Crippen LogP contribution in [0.25, 0.3) is 0 Å². The Bertz CT molecular complexity index is 417. The molecule has 0 aromatic heterocycles. The van der Waals surface area contributed by atoms with Crippen LogP contribution in [0.2, 0.25) is 0 Å². The molecule has 0 saturated heterocycles. The Hall–Kier alpha value is -1.35. The number of nitrogens with zero attached hydrogens (tertiary/aromatic N) is 1. The summed E-state index contributed by atoms with van der Waals surface area (Å²) >= 11 is 0. The van der Waals surface area contributed by atoms with Gasteiger partial charge in [0.05, 0.1) is 0 Å². The van der Waals surface area contributed by atoms with E-state index in [1.54, 1.807) is 6.92 Å². The lowest BCUT2D eigenvalue weighted by Gasteiger charge is -2.35. The topological polar surface area (TPSA) is 32.3 Å². The van der Waals surface area contributed by atoms with E-state index >= 15 is 0 Å². The van der Waals surface area contributed by atoms with Gasteiger partial charge in [0.15, 0.2) is 0 Å². The summed E-state index contributed by atoms with van der Waals surface area (Å²) in [6.45, 7) is 6.63. The van der Waals surface area contributed by atoms with E-state index in [0.29, 0.717) is 6.04 Å². The fraction of sp³-hybridized carbons (Fsp3) is 0.533. The average Bonchev–Trinajstić information content (AvgIpc) is 2.39. The van der Waals surface area contributed by atoms with Gasteiger partial charge in [-0.2, -0.15) is 0 Å². The van der Waals surface area contributed by atoms with Crippen LogP contribution in [-0.2, 0) is 17.8 Å². The Kier molecular flexibility index (Phi) is 4.37. The molecule has 0 radical (unpaired) electrons. The Labute approximate surface area is 109 Å². The molecule has 1 aliphatic rings. The largest absolute Gasteiger partial charge is 0.355 e. The molecule has 98 valence electrons. The van der Waals surface area contributed by atoms with Gasteiger partial charge in [0, 0.05) is 32.6 Å². The molecule has 0 fully saturated rings. The van der Waals surface area contributed by atoms with Crippen LogP contribution >= 0.6 is 0 Å². The molecule has 1 aromatic rings. The maximum atomic E-state index is 11.0. The van der Waals surface area contributed by atoms with Crippen molar-refractivity contribution in [2.45, 2.75) is 39.3 Å². The smallest absolute Gasteiger partial charge is 0.216 e. The predicted octanol–water partition coefficient (Wildman–Crippen LogP) is 1.96. The molecule has 1 N–H and O–H groups in total. The fourth-order valence-electron chi connectivity index (χ4n) is 2.62. The van der Waals surface area contributed by atoms with Crippen LogP contribution in [0, 0.1) is 0 Å². The number of fused-ring (bicyclic) bond motifs is 1. The summed E-state index contributed by atoms with van der Waals surface area (Å²) in [6, 6.07) is 9.11. The van der Waals surface area contributed by atoms with Gasteiger partial charge < -0.3 is 5.32 Å². The highest BCUT2D eigenvalue weighted by atomic mass is 16.1. The minimum absolute atomic E-state index is 0.0610. The zero-order valence-corrected chi connectivity index (χ0v) is 11.3. The molecule has 1 atom stereocenters. The molecule has 1 amide bonds. The minimum atomic E-state index is 0.0610. The summed E-state index contributed by atoms with van der Waals surface area (Å²) in [5.74, 6) is 0.0610. The van der Waals surface area contributed by atoms with Gasteiger partial charge in [-0.15, -0.1) is 0 Å². The van der Waals surface area contributed by atoms with Crippen LogP contribution in [0.5, 0.6) is 0 Å². The van der Waals surface area contributed by atoms with Crippen LogP contribution < -0.4 is 5.32 Å². The second-order valence-electron chi connectivity index (χ2n) is 4.99. The number of hydrogen-bond donors (Lipinski definition) is 1. The first-order valence-corrected chi connectivity index (χ1v) is 6.76. The van der Waals surface area contributed by atoms with Crippen LogP contribution in [0.1, 0.15) is 31.4 Å². The van der Waals surface area contributed by atoms with Crippen LogP contribution in [0.3, 0.4) is 0 Å². The van der Waals surface area contributed by atoms with E-state index in [9.17, 15) is 4.79 Å². The SMILES string of the molecule is CCC(CNC(C)=O)N1CCc2ccccc2C1. The van der Waals surface area contributed by atoms with E-state index in [1.807, 2.05) is 0 Å². The summed E-state index contributed by atoms with van der Waals surface area (Å²) in [4.78, 5) is 13.5. The van der Waals surface area contributed by atoms with Gasteiger partial charge in [0.1, 0.15) is 0 Å². The lowest BCUT2D eigenvalue weighted by molar-refractivity contribution is -0.119. The number of carbonyl (C=O) groups excluding carboxylic acids is 1. The molecular weight excluding hydrogens is 224 g/mol. The highest BCUT2D eigenvalue weighted by molar-refractivity contribution is 5.72. The van der Waals surface area contributed by atoms with E-state index in [0.717, 1.165) is 32.5 Å². The summed E-state index contributed by atoms with van der Waals surface area (Å²) < 4.78 is 0. The van der Waals surface area contributed by atoms with E-state index in [-0.39, 0.29) is 5.91 Å². The lowest BCUT2D eigenvalue weighted by Crippen LogP contribution is -2.45. The maximum Gasteiger partial charge on any atom is 0.216 e. The summed E-state index contributed by atoms with van der Waals surface area (Å²) in [7, 11) is 0. The molecule has 18 heavy (non-hydrogen) atoms. The molecule has 1 unspecified atom stereocenters. The molecule has 0 saturated carbocycles. The highest BCUT2D eigenvalue weighted by Gasteiger charge is 2.22. The third-order valence-electron chi connectivity index (χ3n) is 3.73. The van der Waals surface area contributed by atoms with Gasteiger partial charge >= 0.3 is 0 Å². The van der Waals surface area contributed by atoms with Crippen molar-refractivity contribution >= 4 is 5.91 Å². The zero-order valence-electron chi connectivity index (χ0n) is 11.3. The first-order valence-electron chi connectivity index (χ1n) is 6.76. The summed E-state index contributed by atoms with van der Waals surface area (Å²) in [5, 5.41) is 2.94. The third-order valence-corrected chi connectivity index (χ3v) is 3.73. The van der Waals surface area contributed by atoms with Crippen molar-refractivity contribution in [1.82, 2.24) is 10.2 Å². The molecule has 3 heteroatoms. The minimum Gasteiger partial charge on any atom is -0.355 e. The van der Waals surface area contributed by atoms with Crippen molar-refractivity contribution in [1.29, 1.82) is 0 Å². The van der Waals surface area contributed by atoms with Crippen LogP contribution in [0.4, 0.5) is 0 Å². The number of amides is 1. The molecule has 1 aromatic carbocycles. The van der Waals surface area contributed by atoms with Crippen molar-refractivity contribution in [2.75, 3.05) is 13.1 Å². The Morgan fingerprint density at radius 3 is 2.78 bits per heavy atom.